The molecular weight excluding hydrogens is 202 g/mol. The lowest BCUT2D eigenvalue weighted by molar-refractivity contribution is 1.13. The van der Waals surface area contributed by atoms with Crippen LogP contribution >= 0.6 is 11.8 Å². The summed E-state index contributed by atoms with van der Waals surface area (Å²) in [6.45, 7) is 4.14. The van der Waals surface area contributed by atoms with E-state index in [4.69, 9.17) is 5.26 Å². The minimum atomic E-state index is 0.802. The van der Waals surface area contributed by atoms with Crippen LogP contribution in [0.3, 0.4) is 0 Å². The van der Waals surface area contributed by atoms with Crippen LogP contribution in [0.5, 0.6) is 0 Å². The van der Waals surface area contributed by atoms with Gasteiger partial charge >= 0.3 is 0 Å². The van der Waals surface area contributed by atoms with E-state index in [1.165, 1.54) is 10.5 Å². The summed E-state index contributed by atoms with van der Waals surface area (Å²) in [6.07, 6.45) is 1.87. The Morgan fingerprint density at radius 1 is 1.33 bits per heavy atom. The number of nitrogens with zero attached hydrogens (tertiary/aromatic N) is 1. The molecular formula is C13H15NS. The molecule has 2 heteroatoms. The molecule has 15 heavy (non-hydrogen) atoms. The second-order valence-electron chi connectivity index (χ2n) is 3.22. The van der Waals surface area contributed by atoms with E-state index >= 15 is 0 Å². The molecule has 78 valence electrons. The third kappa shape index (κ3) is 3.81. The number of rotatable bonds is 4. The minimum Gasteiger partial charge on any atom is -0.193 e. The fraction of sp³-hybridized carbons (Fsp3) is 0.308. The third-order valence-corrected chi connectivity index (χ3v) is 3.14. The highest BCUT2D eigenvalue weighted by atomic mass is 32.2. The lowest BCUT2D eigenvalue weighted by Gasteiger charge is -1.99. The summed E-state index contributed by atoms with van der Waals surface area (Å²) in [5.74, 6) is 0. The van der Waals surface area contributed by atoms with Crippen LogP contribution in [0.2, 0.25) is 0 Å². The summed E-state index contributed by atoms with van der Waals surface area (Å²) >= 11 is 1.61. The Hall–Kier alpha value is -1.20. The lowest BCUT2D eigenvalue weighted by atomic mass is 10.2. The zero-order chi connectivity index (χ0) is 11.1. The quantitative estimate of drug-likeness (QED) is 0.558. The predicted molar refractivity (Wildman–Crippen MR) is 65.7 cm³/mol. The molecule has 0 N–H and O–H groups in total. The average molecular weight is 217 g/mol. The molecule has 0 aliphatic rings. The molecule has 1 nitrogen and oxygen atoms in total. The van der Waals surface area contributed by atoms with E-state index in [1.807, 2.05) is 12.3 Å². The van der Waals surface area contributed by atoms with Crippen LogP contribution in [0.4, 0.5) is 0 Å². The fourth-order valence-corrected chi connectivity index (χ4v) is 1.92. The molecule has 0 saturated carbocycles. The molecule has 0 unspecified atom stereocenters. The second-order valence-corrected chi connectivity index (χ2v) is 4.17. The summed E-state index contributed by atoms with van der Waals surface area (Å²) in [6, 6.07) is 10.7. The normalized spacial score (nSPS) is 11.1. The first-order valence-electron chi connectivity index (χ1n) is 5.14. The van der Waals surface area contributed by atoms with Gasteiger partial charge in [-0.3, -0.25) is 0 Å². The fourth-order valence-electron chi connectivity index (χ4n) is 1.13. The standard InChI is InChI=1S/C13H15NS/c1-3-11-5-7-13(8-6-11)15-10-12(4-2)9-14/h5-8,10H,3-4H2,1-2H3. The van der Waals surface area contributed by atoms with Crippen molar-refractivity contribution in [2.75, 3.05) is 0 Å². The topological polar surface area (TPSA) is 23.8 Å². The van der Waals surface area contributed by atoms with Gasteiger partial charge in [-0.05, 0) is 35.9 Å². The van der Waals surface area contributed by atoms with E-state index in [-0.39, 0.29) is 0 Å². The number of nitriles is 1. The molecule has 0 radical (unpaired) electrons. The minimum absolute atomic E-state index is 0.802. The van der Waals surface area contributed by atoms with Gasteiger partial charge in [0.05, 0.1) is 6.07 Å². The highest BCUT2D eigenvalue weighted by Crippen LogP contribution is 2.21. The summed E-state index contributed by atoms with van der Waals surface area (Å²) in [7, 11) is 0. The van der Waals surface area contributed by atoms with Crippen molar-refractivity contribution in [1.82, 2.24) is 0 Å². The van der Waals surface area contributed by atoms with Crippen LogP contribution in [0, 0.1) is 11.3 Å². The molecule has 1 rings (SSSR count). The number of aryl methyl sites for hydroxylation is 1. The Labute approximate surface area is 95.8 Å². The van der Waals surface area contributed by atoms with Crippen LogP contribution < -0.4 is 0 Å². The Balaban J connectivity index is 2.66. The number of thioether (sulfide) groups is 1. The smallest absolute Gasteiger partial charge is 0.0952 e. The van der Waals surface area contributed by atoms with Gasteiger partial charge in [0.15, 0.2) is 0 Å². The molecule has 0 amide bonds. The number of hydrogen-bond donors (Lipinski definition) is 0. The predicted octanol–water partition coefficient (Wildman–Crippen LogP) is 4.16. The molecule has 0 fully saturated rings. The molecule has 0 atom stereocenters. The van der Waals surface area contributed by atoms with E-state index in [1.54, 1.807) is 11.8 Å². The summed E-state index contributed by atoms with van der Waals surface area (Å²) in [4.78, 5) is 1.19. The van der Waals surface area contributed by atoms with Gasteiger partial charge in [0, 0.05) is 10.5 Å². The maximum atomic E-state index is 8.75. The Bertz CT molecular complexity index is 371. The van der Waals surface area contributed by atoms with E-state index in [0.717, 1.165) is 18.4 Å². The zero-order valence-electron chi connectivity index (χ0n) is 9.16. The Morgan fingerprint density at radius 3 is 2.47 bits per heavy atom. The number of benzene rings is 1. The summed E-state index contributed by atoms with van der Waals surface area (Å²) in [5, 5.41) is 10.7. The van der Waals surface area contributed by atoms with Gasteiger partial charge in [-0.2, -0.15) is 5.26 Å². The van der Waals surface area contributed by atoms with Crippen molar-refractivity contribution in [3.63, 3.8) is 0 Å². The van der Waals surface area contributed by atoms with E-state index in [9.17, 15) is 0 Å². The summed E-state index contributed by atoms with van der Waals surface area (Å²) in [5.41, 5.74) is 2.18. The highest BCUT2D eigenvalue weighted by molar-refractivity contribution is 8.02. The van der Waals surface area contributed by atoms with Crippen LogP contribution in [-0.2, 0) is 6.42 Å². The van der Waals surface area contributed by atoms with Gasteiger partial charge in [-0.15, -0.1) is 0 Å². The van der Waals surface area contributed by atoms with Gasteiger partial charge in [-0.25, -0.2) is 0 Å². The molecule has 0 heterocycles. The first-order valence-corrected chi connectivity index (χ1v) is 6.02. The van der Waals surface area contributed by atoms with Crippen molar-refractivity contribution in [3.05, 3.63) is 40.8 Å². The van der Waals surface area contributed by atoms with Gasteiger partial charge < -0.3 is 0 Å². The maximum absolute atomic E-state index is 8.75. The van der Waals surface area contributed by atoms with Crippen molar-refractivity contribution < 1.29 is 0 Å². The van der Waals surface area contributed by atoms with Crippen molar-refractivity contribution >= 4 is 11.8 Å². The first kappa shape index (κ1) is 11.9. The van der Waals surface area contributed by atoms with Gasteiger partial charge in [0.2, 0.25) is 0 Å². The van der Waals surface area contributed by atoms with E-state index in [2.05, 4.69) is 37.3 Å². The van der Waals surface area contributed by atoms with E-state index in [0.29, 0.717) is 0 Å². The van der Waals surface area contributed by atoms with Gasteiger partial charge in [-0.1, -0.05) is 37.7 Å². The molecule has 0 spiro atoms. The lowest BCUT2D eigenvalue weighted by Crippen LogP contribution is -1.78. The Morgan fingerprint density at radius 2 is 2.00 bits per heavy atom. The SMILES string of the molecule is CCC(C#N)=CSc1ccc(CC)cc1. The van der Waals surface area contributed by atoms with Gasteiger partial charge in [0.1, 0.15) is 0 Å². The molecule has 0 bridgehead atoms. The third-order valence-electron chi connectivity index (χ3n) is 2.19. The average Bonchev–Trinajstić information content (AvgIpc) is 2.31. The molecule has 0 aliphatic carbocycles. The largest absolute Gasteiger partial charge is 0.193 e. The number of hydrogen-bond acceptors (Lipinski definition) is 2. The van der Waals surface area contributed by atoms with Gasteiger partial charge in [0.25, 0.3) is 0 Å². The zero-order valence-corrected chi connectivity index (χ0v) is 9.97. The van der Waals surface area contributed by atoms with Crippen molar-refractivity contribution in [2.24, 2.45) is 0 Å². The molecule has 0 aliphatic heterocycles. The molecule has 1 aromatic carbocycles. The van der Waals surface area contributed by atoms with Crippen molar-refractivity contribution in [2.45, 2.75) is 31.6 Å². The van der Waals surface area contributed by atoms with Crippen LogP contribution in [0.1, 0.15) is 25.8 Å². The molecule has 0 aromatic heterocycles. The summed E-state index contributed by atoms with van der Waals surface area (Å²) < 4.78 is 0. The van der Waals surface area contributed by atoms with Crippen LogP contribution in [0.25, 0.3) is 0 Å². The molecule has 1 aromatic rings. The van der Waals surface area contributed by atoms with Crippen LogP contribution in [0.15, 0.2) is 40.1 Å². The highest BCUT2D eigenvalue weighted by Gasteiger charge is 1.94. The number of allylic oxidation sites excluding steroid dienone is 1. The first-order chi connectivity index (χ1) is 7.30. The second kappa shape index (κ2) is 6.31. The van der Waals surface area contributed by atoms with Crippen molar-refractivity contribution in [3.8, 4) is 6.07 Å². The van der Waals surface area contributed by atoms with Crippen molar-refractivity contribution in [1.29, 1.82) is 5.26 Å². The monoisotopic (exact) mass is 217 g/mol. The maximum Gasteiger partial charge on any atom is 0.0952 e. The Kier molecular flexibility index (Phi) is 5.00. The van der Waals surface area contributed by atoms with Crippen LogP contribution in [-0.4, -0.2) is 0 Å². The van der Waals surface area contributed by atoms with E-state index < -0.39 is 0 Å². The molecule has 0 saturated heterocycles.